The van der Waals surface area contributed by atoms with Gasteiger partial charge in [0.05, 0.1) is 17.4 Å². The molecule has 0 atom stereocenters. The third-order valence-electron chi connectivity index (χ3n) is 8.66. The Labute approximate surface area is 264 Å². The fraction of sp³-hybridized carbons (Fsp3) is 0.206. The van der Waals surface area contributed by atoms with Gasteiger partial charge in [0.25, 0.3) is 0 Å². The van der Waals surface area contributed by atoms with E-state index in [1.807, 2.05) is 59.6 Å². The van der Waals surface area contributed by atoms with E-state index >= 15 is 0 Å². The second kappa shape index (κ2) is 11.6. The normalized spacial score (nSPS) is 15.9. The molecular formula is C34H30N10O2. The van der Waals surface area contributed by atoms with E-state index in [-0.39, 0.29) is 12.3 Å². The molecule has 3 amide bonds. The molecule has 0 unspecified atom stereocenters. The summed E-state index contributed by atoms with van der Waals surface area (Å²) < 4.78 is 1.84. The second-order valence-corrected chi connectivity index (χ2v) is 11.5. The number of piperazine rings is 1. The predicted octanol–water partition coefficient (Wildman–Crippen LogP) is 4.17. The number of carbonyl (C=O) groups excluding carboxylic acids is 2. The predicted molar refractivity (Wildman–Crippen MR) is 174 cm³/mol. The van der Waals surface area contributed by atoms with Crippen molar-refractivity contribution in [3.8, 4) is 22.3 Å². The number of aromatic nitrogens is 6. The van der Waals surface area contributed by atoms with Gasteiger partial charge in [-0.1, -0.05) is 30.3 Å². The first-order valence-corrected chi connectivity index (χ1v) is 15.3. The van der Waals surface area contributed by atoms with Gasteiger partial charge in [-0.05, 0) is 47.5 Å². The van der Waals surface area contributed by atoms with Gasteiger partial charge in [0.1, 0.15) is 0 Å². The second-order valence-electron chi connectivity index (χ2n) is 11.5. The maximum atomic E-state index is 12.1. The van der Waals surface area contributed by atoms with Crippen LogP contribution in [-0.4, -0.2) is 79.3 Å². The number of hydrogen-bond acceptors (Lipinski definition) is 9. The number of hydrogen-bond donors (Lipinski definition) is 1. The third-order valence-corrected chi connectivity index (χ3v) is 8.66. The van der Waals surface area contributed by atoms with Crippen LogP contribution in [0, 0.1) is 0 Å². The Morgan fingerprint density at radius 3 is 2.41 bits per heavy atom. The molecule has 4 aromatic heterocycles. The molecule has 12 heteroatoms. The summed E-state index contributed by atoms with van der Waals surface area (Å²) in [6.07, 6.45) is 7.90. The maximum absolute atomic E-state index is 12.1. The van der Waals surface area contributed by atoms with E-state index in [9.17, 15) is 9.59 Å². The van der Waals surface area contributed by atoms with E-state index in [0.717, 1.165) is 70.7 Å². The summed E-state index contributed by atoms with van der Waals surface area (Å²) in [6.45, 7) is 4.60. The van der Waals surface area contributed by atoms with Crippen LogP contribution >= 0.6 is 0 Å². The van der Waals surface area contributed by atoms with Gasteiger partial charge in [0.2, 0.25) is 5.91 Å². The van der Waals surface area contributed by atoms with Crippen LogP contribution in [0.2, 0.25) is 0 Å². The van der Waals surface area contributed by atoms with E-state index in [2.05, 4.69) is 65.7 Å². The molecule has 6 heterocycles. The van der Waals surface area contributed by atoms with E-state index in [1.165, 1.54) is 10.6 Å². The van der Waals surface area contributed by atoms with Gasteiger partial charge in [0.15, 0.2) is 11.5 Å². The number of anilines is 2. The average Bonchev–Trinajstić information content (AvgIpc) is 3.52. The highest BCUT2D eigenvalue weighted by atomic mass is 16.2. The molecule has 12 nitrogen and oxygen atoms in total. The van der Waals surface area contributed by atoms with Crippen molar-refractivity contribution in [3.63, 3.8) is 0 Å². The van der Waals surface area contributed by atoms with Crippen LogP contribution in [0.15, 0.2) is 91.5 Å². The van der Waals surface area contributed by atoms with Crippen LogP contribution in [-0.2, 0) is 11.3 Å². The van der Waals surface area contributed by atoms with Crippen molar-refractivity contribution >= 4 is 40.0 Å². The van der Waals surface area contributed by atoms with Crippen LogP contribution in [0.3, 0.4) is 0 Å². The molecule has 2 saturated heterocycles. The Bertz CT molecular complexity index is 2060. The summed E-state index contributed by atoms with van der Waals surface area (Å²) >= 11 is 0. The van der Waals surface area contributed by atoms with Crippen molar-refractivity contribution in [3.05, 3.63) is 97.2 Å². The molecule has 2 aliphatic rings. The molecule has 0 saturated carbocycles. The quantitative estimate of drug-likeness (QED) is 0.296. The molecule has 8 rings (SSSR count). The van der Waals surface area contributed by atoms with Gasteiger partial charge in [-0.3, -0.25) is 24.9 Å². The van der Waals surface area contributed by atoms with E-state index in [4.69, 9.17) is 4.98 Å². The van der Waals surface area contributed by atoms with Gasteiger partial charge in [-0.25, -0.2) is 14.3 Å². The molecule has 6 aromatic rings. The van der Waals surface area contributed by atoms with Gasteiger partial charge in [-0.15, -0.1) is 5.10 Å². The van der Waals surface area contributed by atoms with E-state index in [1.54, 1.807) is 6.07 Å². The summed E-state index contributed by atoms with van der Waals surface area (Å²) in [6, 6.07) is 22.0. The number of nitrogens with one attached hydrogen (secondary N) is 1. The molecule has 1 N–H and O–H groups in total. The molecule has 2 aromatic carbocycles. The van der Waals surface area contributed by atoms with Crippen molar-refractivity contribution in [2.24, 2.45) is 0 Å². The van der Waals surface area contributed by atoms with Crippen LogP contribution in [0.25, 0.3) is 38.8 Å². The zero-order valence-electron chi connectivity index (χ0n) is 25.0. The Morgan fingerprint density at radius 2 is 1.61 bits per heavy atom. The number of pyridine rings is 1. The molecular weight excluding hydrogens is 580 g/mol. The van der Waals surface area contributed by atoms with Crippen molar-refractivity contribution < 1.29 is 9.59 Å². The number of amides is 3. The standard InChI is InChI=1S/C34H30N10O2/c45-32-12-14-43(34(46)38-32)31-10-7-25(39-40-31)22-41-15-17-42(18-16-41)26-8-5-23(6-9-26)24-19-36-33-29(20-37-44(33)21-24)27-11-13-35-30-4-2-1-3-28(27)30/h1-11,13,19-21H,12,14-18,22H2,(H,38,45,46). The number of urea groups is 1. The SMILES string of the molecule is O=C1CCN(c2ccc(CN3CCN(c4ccc(-c5cnc6c(-c7ccnc8ccccc78)cnn6c5)cc4)CC3)nn2)C(=O)N1. The number of nitrogens with zero attached hydrogens (tertiary/aromatic N) is 9. The first kappa shape index (κ1) is 27.8. The van der Waals surface area contributed by atoms with Crippen molar-refractivity contribution in [1.82, 2.24) is 40.0 Å². The van der Waals surface area contributed by atoms with Gasteiger partial charge in [-0.2, -0.15) is 10.2 Å². The summed E-state index contributed by atoms with van der Waals surface area (Å²) in [5, 5.41) is 16.6. The highest BCUT2D eigenvalue weighted by Crippen LogP contribution is 2.31. The fourth-order valence-corrected chi connectivity index (χ4v) is 6.17. The lowest BCUT2D eigenvalue weighted by atomic mass is 10.0. The minimum atomic E-state index is -0.456. The summed E-state index contributed by atoms with van der Waals surface area (Å²) in [4.78, 5) is 39.0. The van der Waals surface area contributed by atoms with Gasteiger partial charge >= 0.3 is 6.03 Å². The number of imide groups is 1. The van der Waals surface area contributed by atoms with Crippen molar-refractivity contribution in [1.29, 1.82) is 0 Å². The zero-order chi connectivity index (χ0) is 31.0. The Kier molecular flexibility index (Phi) is 7.03. The van der Waals surface area contributed by atoms with Gasteiger partial charge < -0.3 is 4.90 Å². The van der Waals surface area contributed by atoms with Crippen LogP contribution in [0.4, 0.5) is 16.3 Å². The Hall–Kier alpha value is -5.75. The molecule has 46 heavy (non-hydrogen) atoms. The van der Waals surface area contributed by atoms with E-state index in [0.29, 0.717) is 18.9 Å². The minimum Gasteiger partial charge on any atom is -0.369 e. The number of benzene rings is 2. The number of para-hydroxylation sites is 1. The molecule has 2 aliphatic heterocycles. The molecule has 0 spiro atoms. The van der Waals surface area contributed by atoms with Crippen LogP contribution in [0.5, 0.6) is 0 Å². The fourth-order valence-electron chi connectivity index (χ4n) is 6.17. The first-order chi connectivity index (χ1) is 22.6. The third kappa shape index (κ3) is 5.28. The Balaban J connectivity index is 0.901. The topological polar surface area (TPSA) is 125 Å². The average molecular weight is 611 g/mol. The molecule has 0 aliphatic carbocycles. The highest BCUT2D eigenvalue weighted by molar-refractivity contribution is 6.05. The minimum absolute atomic E-state index is 0.257. The van der Waals surface area contributed by atoms with Gasteiger partial charge in [0, 0.05) is 86.5 Å². The zero-order valence-corrected chi connectivity index (χ0v) is 25.0. The number of rotatable bonds is 6. The highest BCUT2D eigenvalue weighted by Gasteiger charge is 2.25. The summed E-state index contributed by atoms with van der Waals surface area (Å²) in [7, 11) is 0. The first-order valence-electron chi connectivity index (χ1n) is 15.3. The number of fused-ring (bicyclic) bond motifs is 2. The lowest BCUT2D eigenvalue weighted by molar-refractivity contribution is -0.120. The van der Waals surface area contributed by atoms with Crippen molar-refractivity contribution in [2.75, 3.05) is 42.5 Å². The van der Waals surface area contributed by atoms with Crippen LogP contribution in [0.1, 0.15) is 12.1 Å². The summed E-state index contributed by atoms with van der Waals surface area (Å²) in [5.74, 6) is 0.182. The molecule has 0 bridgehead atoms. The smallest absolute Gasteiger partial charge is 0.329 e. The largest absolute Gasteiger partial charge is 0.369 e. The Morgan fingerprint density at radius 1 is 0.761 bits per heavy atom. The van der Waals surface area contributed by atoms with Crippen molar-refractivity contribution in [2.45, 2.75) is 13.0 Å². The monoisotopic (exact) mass is 610 g/mol. The molecule has 228 valence electrons. The van der Waals surface area contributed by atoms with E-state index < -0.39 is 6.03 Å². The maximum Gasteiger partial charge on any atom is 0.329 e. The molecule has 2 fully saturated rings. The van der Waals surface area contributed by atoms with Crippen LogP contribution < -0.4 is 15.1 Å². The summed E-state index contributed by atoms with van der Waals surface area (Å²) in [5.41, 5.74) is 7.92. The lowest BCUT2D eigenvalue weighted by Crippen LogP contribution is -2.50. The lowest BCUT2D eigenvalue weighted by Gasteiger charge is -2.36. The molecule has 0 radical (unpaired) electrons. The number of carbonyl (C=O) groups is 2.